The summed E-state index contributed by atoms with van der Waals surface area (Å²) in [7, 11) is -3.64. The van der Waals surface area contributed by atoms with Crippen LogP contribution in [0.5, 0.6) is 0 Å². The number of amides is 1. The molecule has 154 valence electrons. The second kappa shape index (κ2) is 9.37. The van der Waals surface area contributed by atoms with E-state index in [0.29, 0.717) is 5.56 Å². The number of aliphatic carboxylic acids is 1. The van der Waals surface area contributed by atoms with Crippen LogP contribution >= 0.6 is 0 Å². The molecular weight excluding hydrogens is 402 g/mol. The summed E-state index contributed by atoms with van der Waals surface area (Å²) >= 11 is 0. The van der Waals surface area contributed by atoms with Gasteiger partial charge < -0.3 is 10.4 Å². The second-order valence-corrected chi connectivity index (χ2v) is 8.84. The smallest absolute Gasteiger partial charge is 0.326 e. The fraction of sp³-hybridized carbons (Fsp3) is 0.130. The Bertz CT molecular complexity index is 1110. The Hall–Kier alpha value is -3.45. The van der Waals surface area contributed by atoms with Crippen molar-refractivity contribution in [3.8, 4) is 11.1 Å². The van der Waals surface area contributed by atoms with Crippen molar-refractivity contribution in [3.05, 3.63) is 90.5 Å². The molecule has 3 rings (SSSR count). The van der Waals surface area contributed by atoms with Crippen LogP contribution in [0.25, 0.3) is 11.1 Å². The molecule has 0 saturated heterocycles. The molecule has 7 heteroatoms. The van der Waals surface area contributed by atoms with Crippen LogP contribution in [0, 0.1) is 0 Å². The average Bonchev–Trinajstić information content (AvgIpc) is 2.77. The van der Waals surface area contributed by atoms with Gasteiger partial charge in [0.2, 0.25) is 0 Å². The number of carbonyl (C=O) groups excluding carboxylic acids is 1. The van der Waals surface area contributed by atoms with E-state index in [2.05, 4.69) is 5.32 Å². The minimum Gasteiger partial charge on any atom is -0.480 e. The van der Waals surface area contributed by atoms with Gasteiger partial charge in [-0.1, -0.05) is 60.7 Å². The van der Waals surface area contributed by atoms with E-state index in [4.69, 9.17) is 0 Å². The molecule has 0 bridgehead atoms. The first-order chi connectivity index (χ1) is 14.4. The Labute approximate surface area is 175 Å². The first kappa shape index (κ1) is 21.3. The fourth-order valence-corrected chi connectivity index (χ4v) is 4.32. The van der Waals surface area contributed by atoms with E-state index >= 15 is 0 Å². The average molecular weight is 423 g/mol. The van der Waals surface area contributed by atoms with Crippen molar-refractivity contribution in [1.82, 2.24) is 5.32 Å². The van der Waals surface area contributed by atoms with E-state index in [9.17, 15) is 23.1 Å². The molecule has 0 radical (unpaired) electrons. The quantitative estimate of drug-likeness (QED) is 0.578. The second-order valence-electron chi connectivity index (χ2n) is 6.73. The lowest BCUT2D eigenvalue weighted by atomic mass is 10.0. The van der Waals surface area contributed by atoms with Crippen LogP contribution in [0.15, 0.2) is 89.8 Å². The molecule has 30 heavy (non-hydrogen) atoms. The Morgan fingerprint density at radius 3 is 1.90 bits per heavy atom. The molecule has 0 aromatic heterocycles. The van der Waals surface area contributed by atoms with Gasteiger partial charge in [-0.3, -0.25) is 4.79 Å². The van der Waals surface area contributed by atoms with Gasteiger partial charge in [0.05, 0.1) is 10.6 Å². The zero-order valence-electron chi connectivity index (χ0n) is 16.1. The number of rotatable bonds is 8. The van der Waals surface area contributed by atoms with Crippen LogP contribution in [0.1, 0.15) is 16.8 Å². The molecule has 0 aliphatic carbocycles. The molecule has 0 fully saturated rings. The summed E-state index contributed by atoms with van der Waals surface area (Å²) in [6, 6.07) is 22.9. The molecule has 0 spiro atoms. The Morgan fingerprint density at radius 2 is 1.33 bits per heavy atom. The summed E-state index contributed by atoms with van der Waals surface area (Å²) in [4.78, 5) is 24.1. The third-order valence-corrected chi connectivity index (χ3v) is 6.40. The number of hydrogen-bond donors (Lipinski definition) is 2. The van der Waals surface area contributed by atoms with Crippen molar-refractivity contribution < 1.29 is 23.1 Å². The summed E-state index contributed by atoms with van der Waals surface area (Å²) in [5, 5.41) is 11.8. The van der Waals surface area contributed by atoms with E-state index in [0.717, 1.165) is 11.1 Å². The third kappa shape index (κ3) is 5.33. The summed E-state index contributed by atoms with van der Waals surface area (Å²) in [5.74, 6) is -2.24. The summed E-state index contributed by atoms with van der Waals surface area (Å²) in [6.45, 7) is 0. The summed E-state index contributed by atoms with van der Waals surface area (Å²) in [6.07, 6.45) is -0.236. The molecule has 1 amide bonds. The number of hydrogen-bond acceptors (Lipinski definition) is 4. The number of carboxylic acids is 1. The van der Waals surface area contributed by atoms with E-state index in [1.165, 1.54) is 12.1 Å². The van der Waals surface area contributed by atoms with Gasteiger partial charge in [0.15, 0.2) is 9.84 Å². The molecule has 1 atom stereocenters. The molecule has 0 heterocycles. The zero-order valence-corrected chi connectivity index (χ0v) is 16.9. The first-order valence-corrected chi connectivity index (χ1v) is 11.0. The van der Waals surface area contributed by atoms with Gasteiger partial charge in [-0.2, -0.15) is 0 Å². The fourth-order valence-electron chi connectivity index (χ4n) is 2.96. The van der Waals surface area contributed by atoms with Crippen LogP contribution in [-0.4, -0.2) is 37.2 Å². The lowest BCUT2D eigenvalue weighted by Crippen LogP contribution is -2.41. The zero-order chi connectivity index (χ0) is 21.6. The van der Waals surface area contributed by atoms with Crippen LogP contribution in [-0.2, 0) is 14.6 Å². The molecule has 2 N–H and O–H groups in total. The normalized spacial score (nSPS) is 12.1. The lowest BCUT2D eigenvalue weighted by molar-refractivity contribution is -0.139. The maximum absolute atomic E-state index is 12.5. The molecule has 6 nitrogen and oxygen atoms in total. The van der Waals surface area contributed by atoms with Crippen LogP contribution in [0.2, 0.25) is 0 Å². The highest BCUT2D eigenvalue weighted by Crippen LogP contribution is 2.19. The van der Waals surface area contributed by atoms with Gasteiger partial charge in [0.1, 0.15) is 6.04 Å². The first-order valence-electron chi connectivity index (χ1n) is 9.34. The van der Waals surface area contributed by atoms with Crippen molar-refractivity contribution in [3.63, 3.8) is 0 Å². The standard InChI is InChI=1S/C23H21NO5S/c25-22(19-13-11-18(12-14-19)17-7-3-1-4-8-17)24-21(23(26)27)15-16-30(28,29)20-9-5-2-6-10-20/h1-14,21H,15-16H2,(H,24,25)(H,26,27)/t21-/m1/s1. The topological polar surface area (TPSA) is 101 Å². The maximum Gasteiger partial charge on any atom is 0.326 e. The van der Waals surface area contributed by atoms with Gasteiger partial charge >= 0.3 is 5.97 Å². The molecule has 0 aliphatic heterocycles. The number of carboxylic acid groups (broad SMARTS) is 1. The molecule has 0 unspecified atom stereocenters. The van der Waals surface area contributed by atoms with E-state index < -0.39 is 27.8 Å². The number of nitrogens with one attached hydrogen (secondary N) is 1. The summed E-state index contributed by atoms with van der Waals surface area (Å²) < 4.78 is 24.8. The van der Waals surface area contributed by atoms with Crippen molar-refractivity contribution in [1.29, 1.82) is 0 Å². The monoisotopic (exact) mass is 423 g/mol. The van der Waals surface area contributed by atoms with Crippen LogP contribution in [0.4, 0.5) is 0 Å². The molecular formula is C23H21NO5S. The van der Waals surface area contributed by atoms with Crippen molar-refractivity contribution in [2.24, 2.45) is 0 Å². The molecule has 0 aliphatic rings. The van der Waals surface area contributed by atoms with Crippen molar-refractivity contribution in [2.45, 2.75) is 17.4 Å². The Morgan fingerprint density at radius 1 is 0.800 bits per heavy atom. The van der Waals surface area contributed by atoms with Gasteiger partial charge in [0, 0.05) is 5.56 Å². The molecule has 3 aromatic carbocycles. The summed E-state index contributed by atoms with van der Waals surface area (Å²) in [5.41, 5.74) is 2.22. The SMILES string of the molecule is O=C(N[C@H](CCS(=O)(=O)c1ccccc1)C(=O)O)c1ccc(-c2ccccc2)cc1. The van der Waals surface area contributed by atoms with E-state index in [1.54, 1.807) is 42.5 Å². The highest BCUT2D eigenvalue weighted by molar-refractivity contribution is 7.91. The van der Waals surface area contributed by atoms with Gasteiger partial charge in [0.25, 0.3) is 5.91 Å². The van der Waals surface area contributed by atoms with Crippen LogP contribution in [0.3, 0.4) is 0 Å². The van der Waals surface area contributed by atoms with Crippen molar-refractivity contribution in [2.75, 3.05) is 5.75 Å². The molecule has 0 saturated carbocycles. The van der Waals surface area contributed by atoms with E-state index in [1.807, 2.05) is 30.3 Å². The van der Waals surface area contributed by atoms with E-state index in [-0.39, 0.29) is 17.1 Å². The predicted octanol–water partition coefficient (Wildman–Crippen LogP) is 3.40. The van der Waals surface area contributed by atoms with Crippen molar-refractivity contribution >= 4 is 21.7 Å². The maximum atomic E-state index is 12.5. The lowest BCUT2D eigenvalue weighted by Gasteiger charge is -2.15. The predicted molar refractivity (Wildman–Crippen MR) is 114 cm³/mol. The minimum atomic E-state index is -3.64. The number of benzene rings is 3. The highest BCUT2D eigenvalue weighted by atomic mass is 32.2. The van der Waals surface area contributed by atoms with Gasteiger partial charge in [-0.15, -0.1) is 0 Å². The third-order valence-electron chi connectivity index (χ3n) is 4.64. The van der Waals surface area contributed by atoms with Gasteiger partial charge in [-0.05, 0) is 41.8 Å². The number of carbonyl (C=O) groups is 2. The van der Waals surface area contributed by atoms with Crippen LogP contribution < -0.4 is 5.32 Å². The van der Waals surface area contributed by atoms with Gasteiger partial charge in [-0.25, -0.2) is 13.2 Å². The Kier molecular flexibility index (Phi) is 6.64. The minimum absolute atomic E-state index is 0.122. The number of sulfone groups is 1. The Balaban J connectivity index is 1.66. The highest BCUT2D eigenvalue weighted by Gasteiger charge is 2.24. The largest absolute Gasteiger partial charge is 0.480 e. The molecule has 3 aromatic rings.